The van der Waals surface area contributed by atoms with Crippen LogP contribution in [0.2, 0.25) is 0 Å². The molecule has 0 spiro atoms. The lowest BCUT2D eigenvalue weighted by Gasteiger charge is -2.08. The van der Waals surface area contributed by atoms with E-state index in [-0.39, 0.29) is 11.7 Å². The van der Waals surface area contributed by atoms with Gasteiger partial charge in [0.1, 0.15) is 5.75 Å². The van der Waals surface area contributed by atoms with E-state index < -0.39 is 0 Å². The van der Waals surface area contributed by atoms with Crippen molar-refractivity contribution in [3.8, 4) is 5.75 Å². The first-order valence-corrected chi connectivity index (χ1v) is 10.4. The zero-order chi connectivity index (χ0) is 22.5. The normalized spacial score (nSPS) is 11.1. The van der Waals surface area contributed by atoms with E-state index in [0.717, 1.165) is 22.2 Å². The number of anilines is 1. The Bertz CT molecular complexity index is 1300. The Hall–Kier alpha value is -4.19. The highest BCUT2D eigenvalue weighted by molar-refractivity contribution is 6.06. The van der Waals surface area contributed by atoms with Crippen molar-refractivity contribution >= 4 is 34.5 Å². The number of carbonyl (C=O) groups excluding carboxylic acids is 2. The van der Waals surface area contributed by atoms with Gasteiger partial charge in [0.25, 0.3) is 5.91 Å². The third-order valence-corrected chi connectivity index (χ3v) is 4.95. The van der Waals surface area contributed by atoms with Crippen LogP contribution in [0.3, 0.4) is 0 Å². The second kappa shape index (κ2) is 9.31. The Labute approximate surface area is 186 Å². The number of aromatic nitrogens is 2. The molecule has 0 saturated carbocycles. The SMILES string of the molecule is CCOc1cccc(NC(=O)c2ccc(C=CC(=O)c3nc4c(C)cccc4[nH]3)cc2)c1. The molecule has 32 heavy (non-hydrogen) atoms. The summed E-state index contributed by atoms with van der Waals surface area (Å²) in [5, 5.41) is 2.86. The van der Waals surface area contributed by atoms with Gasteiger partial charge >= 0.3 is 0 Å². The summed E-state index contributed by atoms with van der Waals surface area (Å²) in [6, 6.07) is 20.1. The molecule has 0 fully saturated rings. The minimum Gasteiger partial charge on any atom is -0.494 e. The number of ether oxygens (including phenoxy) is 1. The van der Waals surface area contributed by atoms with Crippen molar-refractivity contribution in [2.24, 2.45) is 0 Å². The highest BCUT2D eigenvalue weighted by Crippen LogP contribution is 2.19. The van der Waals surface area contributed by atoms with Crippen molar-refractivity contribution in [3.63, 3.8) is 0 Å². The topological polar surface area (TPSA) is 84.1 Å². The number of aryl methyl sites for hydroxylation is 1. The van der Waals surface area contributed by atoms with E-state index in [0.29, 0.717) is 29.4 Å². The van der Waals surface area contributed by atoms with Crippen LogP contribution in [0.25, 0.3) is 17.1 Å². The quantitative estimate of drug-likeness (QED) is 0.306. The molecule has 1 aromatic heterocycles. The summed E-state index contributed by atoms with van der Waals surface area (Å²) in [5.41, 5.74) is 4.63. The molecule has 0 saturated heterocycles. The molecule has 0 aliphatic rings. The van der Waals surface area contributed by atoms with Gasteiger partial charge in [0, 0.05) is 17.3 Å². The lowest BCUT2D eigenvalue weighted by molar-refractivity contribution is 0.102. The van der Waals surface area contributed by atoms with Gasteiger partial charge in [-0.25, -0.2) is 4.98 Å². The second-order valence-corrected chi connectivity index (χ2v) is 7.29. The van der Waals surface area contributed by atoms with Crippen LogP contribution in [-0.2, 0) is 0 Å². The number of imidazole rings is 1. The van der Waals surface area contributed by atoms with Gasteiger partial charge in [-0.3, -0.25) is 9.59 Å². The van der Waals surface area contributed by atoms with Crippen molar-refractivity contribution in [1.29, 1.82) is 0 Å². The number of benzene rings is 3. The summed E-state index contributed by atoms with van der Waals surface area (Å²) in [4.78, 5) is 32.5. The van der Waals surface area contributed by atoms with Gasteiger partial charge in [-0.1, -0.05) is 36.4 Å². The molecule has 0 aliphatic carbocycles. The number of H-pyrrole nitrogens is 1. The maximum Gasteiger partial charge on any atom is 0.255 e. The smallest absolute Gasteiger partial charge is 0.255 e. The summed E-state index contributed by atoms with van der Waals surface area (Å²) in [7, 11) is 0. The Balaban J connectivity index is 1.42. The van der Waals surface area contributed by atoms with Crippen molar-refractivity contribution in [1.82, 2.24) is 9.97 Å². The van der Waals surface area contributed by atoms with Gasteiger partial charge in [-0.05, 0) is 61.4 Å². The first-order chi connectivity index (χ1) is 15.5. The molecular formula is C26H23N3O3. The predicted octanol–water partition coefficient (Wildman–Crippen LogP) is 5.42. The Morgan fingerprint density at radius 3 is 2.59 bits per heavy atom. The molecule has 6 heteroatoms. The molecule has 0 unspecified atom stereocenters. The summed E-state index contributed by atoms with van der Waals surface area (Å²) >= 11 is 0. The minimum atomic E-state index is -0.220. The maximum atomic E-state index is 12.5. The van der Waals surface area contributed by atoms with E-state index in [1.165, 1.54) is 6.08 Å². The van der Waals surface area contributed by atoms with E-state index in [4.69, 9.17) is 4.74 Å². The number of nitrogens with zero attached hydrogens (tertiary/aromatic N) is 1. The molecule has 160 valence electrons. The van der Waals surface area contributed by atoms with Crippen LogP contribution >= 0.6 is 0 Å². The number of fused-ring (bicyclic) bond motifs is 1. The molecule has 4 aromatic rings. The third kappa shape index (κ3) is 4.75. The molecule has 0 atom stereocenters. The summed E-state index contributed by atoms with van der Waals surface area (Å²) in [5.74, 6) is 0.574. The van der Waals surface area contributed by atoms with Crippen molar-refractivity contribution < 1.29 is 14.3 Å². The van der Waals surface area contributed by atoms with Crippen LogP contribution in [0.5, 0.6) is 5.75 Å². The fraction of sp³-hybridized carbons (Fsp3) is 0.115. The molecule has 1 amide bonds. The molecule has 6 nitrogen and oxygen atoms in total. The zero-order valence-corrected chi connectivity index (χ0v) is 17.9. The highest BCUT2D eigenvalue weighted by Gasteiger charge is 2.10. The van der Waals surface area contributed by atoms with Gasteiger partial charge in [-0.15, -0.1) is 0 Å². The van der Waals surface area contributed by atoms with Gasteiger partial charge in [-0.2, -0.15) is 0 Å². The number of nitrogens with one attached hydrogen (secondary N) is 2. The van der Waals surface area contributed by atoms with Crippen LogP contribution in [-0.4, -0.2) is 28.3 Å². The average Bonchev–Trinajstić information content (AvgIpc) is 3.24. The molecule has 2 N–H and O–H groups in total. The highest BCUT2D eigenvalue weighted by atomic mass is 16.5. The van der Waals surface area contributed by atoms with Crippen LogP contribution in [0.15, 0.2) is 72.8 Å². The maximum absolute atomic E-state index is 12.5. The van der Waals surface area contributed by atoms with Gasteiger partial charge in [0.15, 0.2) is 5.82 Å². The monoisotopic (exact) mass is 425 g/mol. The van der Waals surface area contributed by atoms with Crippen molar-refractivity contribution in [2.45, 2.75) is 13.8 Å². The van der Waals surface area contributed by atoms with Crippen LogP contribution in [0, 0.1) is 6.92 Å². The van der Waals surface area contributed by atoms with Gasteiger partial charge in [0.2, 0.25) is 5.78 Å². The number of ketones is 1. The largest absolute Gasteiger partial charge is 0.494 e. The number of amides is 1. The van der Waals surface area contributed by atoms with E-state index in [2.05, 4.69) is 15.3 Å². The van der Waals surface area contributed by atoms with Crippen LogP contribution in [0.4, 0.5) is 5.69 Å². The molecular weight excluding hydrogens is 402 g/mol. The molecule has 4 rings (SSSR count). The molecule has 0 aliphatic heterocycles. The molecule has 1 heterocycles. The van der Waals surface area contributed by atoms with Crippen LogP contribution < -0.4 is 10.1 Å². The number of para-hydroxylation sites is 1. The average molecular weight is 425 g/mol. The zero-order valence-electron chi connectivity index (χ0n) is 17.9. The van der Waals surface area contributed by atoms with E-state index >= 15 is 0 Å². The second-order valence-electron chi connectivity index (χ2n) is 7.29. The summed E-state index contributed by atoms with van der Waals surface area (Å²) < 4.78 is 5.46. The van der Waals surface area contributed by atoms with Crippen molar-refractivity contribution in [2.75, 3.05) is 11.9 Å². The first-order valence-electron chi connectivity index (χ1n) is 10.4. The Morgan fingerprint density at radius 1 is 1.06 bits per heavy atom. The third-order valence-electron chi connectivity index (χ3n) is 4.95. The number of allylic oxidation sites excluding steroid dienone is 1. The van der Waals surface area contributed by atoms with Crippen molar-refractivity contribution in [3.05, 3.63) is 95.3 Å². The summed E-state index contributed by atoms with van der Waals surface area (Å²) in [6.07, 6.45) is 3.18. The number of carbonyl (C=O) groups is 2. The fourth-order valence-corrected chi connectivity index (χ4v) is 3.32. The standard InChI is InChI=1S/C26H23N3O3/c1-3-32-21-8-5-7-20(16-21)27-26(31)19-13-10-18(11-14-19)12-15-23(30)25-28-22-9-4-6-17(2)24(22)29-25/h4-16H,3H2,1-2H3,(H,27,31)(H,28,29). The van der Waals surface area contributed by atoms with E-state index in [9.17, 15) is 9.59 Å². The summed E-state index contributed by atoms with van der Waals surface area (Å²) in [6.45, 7) is 4.43. The molecule has 0 radical (unpaired) electrons. The lowest BCUT2D eigenvalue weighted by Crippen LogP contribution is -2.11. The predicted molar refractivity (Wildman–Crippen MR) is 126 cm³/mol. The first kappa shape index (κ1) is 21.1. The number of rotatable bonds is 7. The van der Waals surface area contributed by atoms with E-state index in [1.807, 2.05) is 50.2 Å². The molecule has 3 aromatic carbocycles. The van der Waals surface area contributed by atoms with Gasteiger partial charge < -0.3 is 15.0 Å². The minimum absolute atomic E-state index is 0.211. The number of aromatic amines is 1. The fourth-order valence-electron chi connectivity index (χ4n) is 3.32. The lowest BCUT2D eigenvalue weighted by atomic mass is 10.1. The van der Waals surface area contributed by atoms with Gasteiger partial charge in [0.05, 0.1) is 17.6 Å². The number of hydrogen-bond donors (Lipinski definition) is 2. The van der Waals surface area contributed by atoms with Crippen LogP contribution in [0.1, 0.15) is 39.0 Å². The molecule has 0 bridgehead atoms. The Morgan fingerprint density at radius 2 is 1.84 bits per heavy atom. The van der Waals surface area contributed by atoms with E-state index in [1.54, 1.807) is 36.4 Å². The Kier molecular flexibility index (Phi) is 6.12. The number of hydrogen-bond acceptors (Lipinski definition) is 4.